The van der Waals surface area contributed by atoms with Crippen molar-refractivity contribution in [3.63, 3.8) is 0 Å². The molecule has 5 nitrogen and oxygen atoms in total. The van der Waals surface area contributed by atoms with E-state index in [2.05, 4.69) is 39.4 Å². The lowest BCUT2D eigenvalue weighted by molar-refractivity contribution is -0.143. The van der Waals surface area contributed by atoms with E-state index in [0.717, 1.165) is 13.1 Å². The molecule has 2 saturated heterocycles. The molecule has 2 atom stereocenters. The SMILES string of the molecule is COCC1CNCC2(C3CCC3)N(Cc3ccccc3)C(=O)CN12. The fourth-order valence-electron chi connectivity index (χ4n) is 4.72. The molecule has 1 amide bonds. The molecule has 0 spiro atoms. The molecule has 2 aliphatic heterocycles. The highest BCUT2D eigenvalue weighted by Gasteiger charge is 2.59. The summed E-state index contributed by atoms with van der Waals surface area (Å²) in [5, 5.41) is 3.60. The minimum atomic E-state index is -0.174. The van der Waals surface area contributed by atoms with Crippen LogP contribution in [0.4, 0.5) is 0 Å². The van der Waals surface area contributed by atoms with Crippen molar-refractivity contribution < 1.29 is 9.53 Å². The molecule has 1 N–H and O–H groups in total. The van der Waals surface area contributed by atoms with Crippen molar-refractivity contribution in [1.82, 2.24) is 15.1 Å². The zero-order chi connectivity index (χ0) is 16.6. The van der Waals surface area contributed by atoms with E-state index >= 15 is 0 Å². The maximum atomic E-state index is 13.0. The van der Waals surface area contributed by atoms with Gasteiger partial charge in [0.2, 0.25) is 5.91 Å². The zero-order valence-electron chi connectivity index (χ0n) is 14.4. The lowest BCUT2D eigenvalue weighted by atomic mass is 9.73. The molecule has 2 heterocycles. The summed E-state index contributed by atoms with van der Waals surface area (Å²) in [6.07, 6.45) is 3.72. The van der Waals surface area contributed by atoms with Crippen LogP contribution in [0.5, 0.6) is 0 Å². The van der Waals surface area contributed by atoms with E-state index in [0.29, 0.717) is 25.6 Å². The van der Waals surface area contributed by atoms with Gasteiger partial charge in [-0.2, -0.15) is 0 Å². The van der Waals surface area contributed by atoms with Crippen molar-refractivity contribution in [2.75, 3.05) is 33.4 Å². The van der Waals surface area contributed by atoms with Crippen LogP contribution in [0.25, 0.3) is 0 Å². The van der Waals surface area contributed by atoms with Crippen LogP contribution < -0.4 is 5.32 Å². The third kappa shape index (κ3) is 2.46. The monoisotopic (exact) mass is 329 g/mol. The summed E-state index contributed by atoms with van der Waals surface area (Å²) < 4.78 is 5.44. The Morgan fingerprint density at radius 3 is 2.75 bits per heavy atom. The highest BCUT2D eigenvalue weighted by molar-refractivity contribution is 5.82. The molecular weight excluding hydrogens is 302 g/mol. The summed E-state index contributed by atoms with van der Waals surface area (Å²) in [5.74, 6) is 0.829. The Morgan fingerprint density at radius 1 is 1.29 bits per heavy atom. The highest BCUT2D eigenvalue weighted by atomic mass is 16.5. The Hall–Kier alpha value is -1.43. The summed E-state index contributed by atoms with van der Waals surface area (Å²) in [7, 11) is 1.75. The quantitative estimate of drug-likeness (QED) is 0.888. The molecule has 5 heteroatoms. The lowest BCUT2D eigenvalue weighted by Crippen LogP contribution is -2.72. The number of hydrogen-bond acceptors (Lipinski definition) is 4. The van der Waals surface area contributed by atoms with Crippen LogP contribution in [-0.4, -0.2) is 60.8 Å². The average Bonchev–Trinajstić information content (AvgIpc) is 2.81. The molecule has 0 bridgehead atoms. The molecule has 3 aliphatic rings. The number of nitrogens with zero attached hydrogens (tertiary/aromatic N) is 2. The molecular formula is C19H27N3O2. The first-order valence-corrected chi connectivity index (χ1v) is 9.06. The Balaban J connectivity index is 1.67. The molecule has 4 rings (SSSR count). The fourth-order valence-corrected chi connectivity index (χ4v) is 4.72. The van der Waals surface area contributed by atoms with Gasteiger partial charge in [0, 0.05) is 32.8 Å². The van der Waals surface area contributed by atoms with Gasteiger partial charge >= 0.3 is 0 Å². The summed E-state index contributed by atoms with van der Waals surface area (Å²) in [4.78, 5) is 17.6. The summed E-state index contributed by atoms with van der Waals surface area (Å²) in [5.41, 5.74) is 1.03. The van der Waals surface area contributed by atoms with Gasteiger partial charge in [-0.15, -0.1) is 0 Å². The number of rotatable bonds is 5. The third-order valence-electron chi connectivity index (χ3n) is 6.08. The van der Waals surface area contributed by atoms with Crippen molar-refractivity contribution in [2.45, 2.75) is 37.5 Å². The number of amides is 1. The van der Waals surface area contributed by atoms with E-state index in [-0.39, 0.29) is 17.6 Å². The number of ether oxygens (including phenoxy) is 1. The van der Waals surface area contributed by atoms with Gasteiger partial charge in [0.05, 0.1) is 13.2 Å². The molecule has 0 aromatic heterocycles. The minimum Gasteiger partial charge on any atom is -0.383 e. The number of piperazine rings is 1. The van der Waals surface area contributed by atoms with Crippen molar-refractivity contribution in [3.8, 4) is 0 Å². The summed E-state index contributed by atoms with van der Waals surface area (Å²) in [6, 6.07) is 10.6. The standard InChI is InChI=1S/C19H27N3O2/c1-24-13-17-10-20-14-19(16-8-5-9-16)21(17)12-18(23)22(19)11-15-6-3-2-4-7-15/h2-4,6-7,16-17,20H,5,8-14H2,1H3. The second-order valence-electron chi connectivity index (χ2n) is 7.34. The van der Waals surface area contributed by atoms with Crippen molar-refractivity contribution in [2.24, 2.45) is 5.92 Å². The van der Waals surface area contributed by atoms with Crippen molar-refractivity contribution in [1.29, 1.82) is 0 Å². The van der Waals surface area contributed by atoms with Gasteiger partial charge in [0.25, 0.3) is 0 Å². The van der Waals surface area contributed by atoms with Gasteiger partial charge in [-0.1, -0.05) is 36.8 Å². The number of methoxy groups -OCH3 is 1. The first-order valence-electron chi connectivity index (χ1n) is 9.06. The van der Waals surface area contributed by atoms with E-state index in [9.17, 15) is 4.79 Å². The van der Waals surface area contributed by atoms with Crippen LogP contribution in [0, 0.1) is 5.92 Å². The number of carbonyl (C=O) groups excluding carboxylic acids is 1. The molecule has 1 aromatic rings. The Kier molecular flexibility index (Phi) is 4.33. The molecule has 3 fully saturated rings. The Morgan fingerprint density at radius 2 is 2.08 bits per heavy atom. The summed E-state index contributed by atoms with van der Waals surface area (Å²) >= 11 is 0. The minimum absolute atomic E-state index is 0.174. The number of hydrogen-bond donors (Lipinski definition) is 1. The largest absolute Gasteiger partial charge is 0.383 e. The topological polar surface area (TPSA) is 44.8 Å². The fraction of sp³-hybridized carbons (Fsp3) is 0.632. The number of benzene rings is 1. The van der Waals surface area contributed by atoms with Gasteiger partial charge < -0.3 is 15.0 Å². The van der Waals surface area contributed by atoms with Crippen LogP contribution in [-0.2, 0) is 16.1 Å². The van der Waals surface area contributed by atoms with Crippen LogP contribution in [0.1, 0.15) is 24.8 Å². The first kappa shape index (κ1) is 16.1. The molecule has 2 unspecified atom stereocenters. The number of fused-ring (bicyclic) bond motifs is 1. The Labute approximate surface area is 144 Å². The summed E-state index contributed by atoms with van der Waals surface area (Å²) in [6.45, 7) is 3.67. The van der Waals surface area contributed by atoms with Crippen LogP contribution in [0.15, 0.2) is 30.3 Å². The van der Waals surface area contributed by atoms with Gasteiger partial charge in [-0.3, -0.25) is 9.69 Å². The predicted octanol–water partition coefficient (Wildman–Crippen LogP) is 1.45. The first-order chi connectivity index (χ1) is 11.8. The second kappa shape index (κ2) is 6.47. The number of carbonyl (C=O) groups is 1. The van der Waals surface area contributed by atoms with Gasteiger partial charge in [0.1, 0.15) is 5.66 Å². The van der Waals surface area contributed by atoms with Gasteiger partial charge in [0.15, 0.2) is 0 Å². The van der Waals surface area contributed by atoms with Gasteiger partial charge in [-0.05, 0) is 24.3 Å². The van der Waals surface area contributed by atoms with E-state index < -0.39 is 0 Å². The van der Waals surface area contributed by atoms with Crippen molar-refractivity contribution >= 4 is 5.91 Å². The lowest BCUT2D eigenvalue weighted by Gasteiger charge is -2.56. The smallest absolute Gasteiger partial charge is 0.238 e. The maximum Gasteiger partial charge on any atom is 0.238 e. The van der Waals surface area contributed by atoms with Crippen LogP contribution in [0.3, 0.4) is 0 Å². The van der Waals surface area contributed by atoms with Gasteiger partial charge in [-0.25, -0.2) is 0 Å². The number of nitrogens with one attached hydrogen (secondary N) is 1. The third-order valence-corrected chi connectivity index (χ3v) is 6.08. The second-order valence-corrected chi connectivity index (χ2v) is 7.34. The van der Waals surface area contributed by atoms with Crippen molar-refractivity contribution in [3.05, 3.63) is 35.9 Å². The van der Waals surface area contributed by atoms with E-state index in [4.69, 9.17) is 4.74 Å². The molecule has 1 saturated carbocycles. The molecule has 1 aromatic carbocycles. The maximum absolute atomic E-state index is 13.0. The van der Waals surface area contributed by atoms with E-state index in [1.807, 2.05) is 6.07 Å². The van der Waals surface area contributed by atoms with Crippen LogP contribution >= 0.6 is 0 Å². The molecule has 1 aliphatic carbocycles. The average molecular weight is 329 g/mol. The molecule has 0 radical (unpaired) electrons. The molecule has 24 heavy (non-hydrogen) atoms. The molecule has 130 valence electrons. The predicted molar refractivity (Wildman–Crippen MR) is 92.3 cm³/mol. The van der Waals surface area contributed by atoms with Crippen LogP contribution in [0.2, 0.25) is 0 Å². The van der Waals surface area contributed by atoms with E-state index in [1.165, 1.54) is 24.8 Å². The van der Waals surface area contributed by atoms with E-state index in [1.54, 1.807) is 7.11 Å². The Bertz CT molecular complexity index is 588. The zero-order valence-corrected chi connectivity index (χ0v) is 14.4. The normalized spacial score (nSPS) is 31.1. The highest BCUT2D eigenvalue weighted by Crippen LogP contribution is 2.47.